The van der Waals surface area contributed by atoms with Crippen LogP contribution >= 0.6 is 11.3 Å². The number of nitrogens with one attached hydrogen (secondary N) is 1. The van der Waals surface area contributed by atoms with Crippen molar-refractivity contribution in [2.75, 3.05) is 6.61 Å². The summed E-state index contributed by atoms with van der Waals surface area (Å²) in [6, 6.07) is 21.0. The van der Waals surface area contributed by atoms with Gasteiger partial charge in [0, 0.05) is 11.0 Å². The molecule has 0 aliphatic rings. The highest BCUT2D eigenvalue weighted by atomic mass is 32.1. The van der Waals surface area contributed by atoms with Gasteiger partial charge in [0.15, 0.2) is 6.61 Å². The molecule has 3 aromatic rings. The molecule has 0 unspecified atom stereocenters. The zero-order valence-corrected chi connectivity index (χ0v) is 16.3. The topological polar surface area (TPSA) is 55.4 Å². The van der Waals surface area contributed by atoms with E-state index in [9.17, 15) is 9.59 Å². The number of rotatable bonds is 7. The van der Waals surface area contributed by atoms with Crippen molar-refractivity contribution in [2.24, 2.45) is 0 Å². The van der Waals surface area contributed by atoms with Crippen LogP contribution in [0.3, 0.4) is 0 Å². The SMILES string of the molecule is Cc1ccsc1/C=C/C(=O)OCC(=O)NC(c1ccccc1)c1ccccc1. The van der Waals surface area contributed by atoms with Gasteiger partial charge in [0.25, 0.3) is 5.91 Å². The van der Waals surface area contributed by atoms with Crippen molar-refractivity contribution >= 4 is 29.3 Å². The Labute approximate surface area is 168 Å². The van der Waals surface area contributed by atoms with Crippen LogP contribution in [0.2, 0.25) is 0 Å². The summed E-state index contributed by atoms with van der Waals surface area (Å²) in [4.78, 5) is 25.3. The van der Waals surface area contributed by atoms with E-state index in [4.69, 9.17) is 4.74 Å². The maximum Gasteiger partial charge on any atom is 0.331 e. The van der Waals surface area contributed by atoms with Crippen LogP contribution in [0.1, 0.15) is 27.6 Å². The summed E-state index contributed by atoms with van der Waals surface area (Å²) in [6.45, 7) is 1.64. The molecule has 0 atom stereocenters. The molecule has 0 spiro atoms. The molecular weight excluding hydrogens is 370 g/mol. The number of carbonyl (C=O) groups excluding carboxylic acids is 2. The molecule has 1 N–H and O–H groups in total. The Morgan fingerprint density at radius 1 is 1.00 bits per heavy atom. The van der Waals surface area contributed by atoms with E-state index < -0.39 is 5.97 Å². The Hall–Kier alpha value is -3.18. The Bertz CT molecular complexity index is 909. The van der Waals surface area contributed by atoms with Crippen LogP contribution in [-0.2, 0) is 14.3 Å². The molecule has 1 aromatic heterocycles. The highest BCUT2D eigenvalue weighted by Gasteiger charge is 2.17. The Morgan fingerprint density at radius 2 is 1.61 bits per heavy atom. The third-order valence-corrected chi connectivity index (χ3v) is 5.17. The minimum atomic E-state index is -0.543. The lowest BCUT2D eigenvalue weighted by atomic mass is 9.99. The third-order valence-electron chi connectivity index (χ3n) is 4.19. The zero-order valence-electron chi connectivity index (χ0n) is 15.5. The van der Waals surface area contributed by atoms with Gasteiger partial charge in [-0.3, -0.25) is 4.79 Å². The predicted molar refractivity (Wildman–Crippen MR) is 112 cm³/mol. The second-order valence-electron chi connectivity index (χ2n) is 6.23. The number of hydrogen-bond donors (Lipinski definition) is 1. The molecule has 4 nitrogen and oxygen atoms in total. The predicted octanol–water partition coefficient (Wildman–Crippen LogP) is 4.52. The lowest BCUT2D eigenvalue weighted by molar-refractivity contribution is -0.143. The Balaban J connectivity index is 1.60. The number of carbonyl (C=O) groups is 2. The van der Waals surface area contributed by atoms with Crippen LogP contribution in [0.5, 0.6) is 0 Å². The summed E-state index contributed by atoms with van der Waals surface area (Å²) in [5.74, 6) is -0.898. The monoisotopic (exact) mass is 391 g/mol. The summed E-state index contributed by atoms with van der Waals surface area (Å²) < 4.78 is 5.08. The van der Waals surface area contributed by atoms with Crippen LogP contribution in [0.25, 0.3) is 6.08 Å². The molecule has 3 rings (SSSR count). The molecule has 1 amide bonds. The second-order valence-corrected chi connectivity index (χ2v) is 7.18. The quantitative estimate of drug-likeness (QED) is 0.476. The molecule has 0 aliphatic heterocycles. The van der Waals surface area contributed by atoms with Crippen molar-refractivity contribution < 1.29 is 14.3 Å². The molecule has 0 bridgehead atoms. The Morgan fingerprint density at radius 3 is 2.14 bits per heavy atom. The first-order valence-electron chi connectivity index (χ1n) is 8.91. The van der Waals surface area contributed by atoms with Gasteiger partial charge in [-0.25, -0.2) is 4.79 Å². The van der Waals surface area contributed by atoms with Crippen molar-refractivity contribution in [3.05, 3.63) is 99.8 Å². The summed E-state index contributed by atoms with van der Waals surface area (Å²) in [5.41, 5.74) is 3.02. The van der Waals surface area contributed by atoms with Gasteiger partial charge in [0.1, 0.15) is 0 Å². The summed E-state index contributed by atoms with van der Waals surface area (Å²) in [7, 11) is 0. The van der Waals surface area contributed by atoms with Gasteiger partial charge in [0.05, 0.1) is 6.04 Å². The first-order valence-corrected chi connectivity index (χ1v) is 9.79. The molecule has 2 aromatic carbocycles. The summed E-state index contributed by atoms with van der Waals surface area (Å²) in [6.07, 6.45) is 3.05. The first kappa shape index (κ1) is 19.6. The third kappa shape index (κ3) is 5.41. The molecule has 28 heavy (non-hydrogen) atoms. The van der Waals surface area contributed by atoms with E-state index in [1.54, 1.807) is 17.4 Å². The zero-order chi connectivity index (χ0) is 19.8. The number of thiophene rings is 1. The molecule has 0 fully saturated rings. The lowest BCUT2D eigenvalue weighted by Crippen LogP contribution is -2.32. The van der Waals surface area contributed by atoms with Gasteiger partial charge in [0.2, 0.25) is 0 Å². The van der Waals surface area contributed by atoms with Crippen LogP contribution in [-0.4, -0.2) is 18.5 Å². The smallest absolute Gasteiger partial charge is 0.331 e. The summed E-state index contributed by atoms with van der Waals surface area (Å²) in [5, 5.41) is 4.90. The van der Waals surface area contributed by atoms with Gasteiger partial charge < -0.3 is 10.1 Å². The van der Waals surface area contributed by atoms with Crippen LogP contribution < -0.4 is 5.32 Å². The van der Waals surface area contributed by atoms with E-state index in [0.717, 1.165) is 21.6 Å². The molecule has 0 radical (unpaired) electrons. The van der Waals surface area contributed by atoms with Gasteiger partial charge in [-0.05, 0) is 41.1 Å². The molecule has 5 heteroatoms. The van der Waals surface area contributed by atoms with Gasteiger partial charge >= 0.3 is 5.97 Å². The highest BCUT2D eigenvalue weighted by molar-refractivity contribution is 7.11. The molecular formula is C23H21NO3S. The fraction of sp³-hybridized carbons (Fsp3) is 0.130. The molecule has 0 aliphatic carbocycles. The van der Waals surface area contributed by atoms with Crippen LogP contribution in [0.15, 0.2) is 78.2 Å². The number of benzene rings is 2. The first-order chi connectivity index (χ1) is 13.6. The number of aryl methyl sites for hydroxylation is 1. The Kier molecular flexibility index (Phi) is 6.76. The van der Waals surface area contributed by atoms with E-state index in [-0.39, 0.29) is 18.6 Å². The van der Waals surface area contributed by atoms with E-state index in [0.29, 0.717) is 0 Å². The summed E-state index contributed by atoms with van der Waals surface area (Å²) >= 11 is 1.55. The van der Waals surface area contributed by atoms with E-state index in [2.05, 4.69) is 5.32 Å². The number of esters is 1. The fourth-order valence-corrected chi connectivity index (χ4v) is 3.56. The maximum atomic E-state index is 12.4. The minimum absolute atomic E-state index is 0.307. The lowest BCUT2D eigenvalue weighted by Gasteiger charge is -2.19. The van der Waals surface area contributed by atoms with Crippen molar-refractivity contribution in [3.63, 3.8) is 0 Å². The molecule has 0 saturated carbocycles. The normalized spacial score (nSPS) is 10.9. The number of hydrogen-bond acceptors (Lipinski definition) is 4. The van der Waals surface area contributed by atoms with Crippen molar-refractivity contribution in [3.8, 4) is 0 Å². The standard InChI is InChI=1S/C23H21NO3S/c1-17-14-15-28-20(17)12-13-22(26)27-16-21(25)24-23(18-8-4-2-5-9-18)19-10-6-3-7-11-19/h2-15,23H,16H2,1H3,(H,24,25)/b13-12+. The molecule has 1 heterocycles. The van der Waals surface area contributed by atoms with Crippen molar-refractivity contribution in [1.82, 2.24) is 5.32 Å². The van der Waals surface area contributed by atoms with Crippen LogP contribution in [0, 0.1) is 6.92 Å². The van der Waals surface area contributed by atoms with Gasteiger partial charge in [-0.1, -0.05) is 60.7 Å². The maximum absolute atomic E-state index is 12.4. The minimum Gasteiger partial charge on any atom is -0.452 e. The van der Waals surface area contributed by atoms with Gasteiger partial charge in [-0.2, -0.15) is 0 Å². The average molecular weight is 391 g/mol. The largest absolute Gasteiger partial charge is 0.452 e. The van der Waals surface area contributed by atoms with E-state index >= 15 is 0 Å². The number of ether oxygens (including phenoxy) is 1. The average Bonchev–Trinajstić information content (AvgIpc) is 3.15. The van der Waals surface area contributed by atoms with Crippen LogP contribution in [0.4, 0.5) is 0 Å². The second kappa shape index (κ2) is 9.67. The van der Waals surface area contributed by atoms with Crippen molar-refractivity contribution in [2.45, 2.75) is 13.0 Å². The highest BCUT2D eigenvalue weighted by Crippen LogP contribution is 2.21. The molecule has 0 saturated heterocycles. The fourth-order valence-electron chi connectivity index (χ4n) is 2.74. The number of amides is 1. The molecule has 142 valence electrons. The van der Waals surface area contributed by atoms with E-state index in [1.165, 1.54) is 6.08 Å². The van der Waals surface area contributed by atoms with Crippen molar-refractivity contribution in [1.29, 1.82) is 0 Å². The van der Waals surface area contributed by atoms with E-state index in [1.807, 2.05) is 79.0 Å². The van der Waals surface area contributed by atoms with Gasteiger partial charge in [-0.15, -0.1) is 11.3 Å².